The molecule has 0 aliphatic rings. The van der Waals surface area contributed by atoms with Crippen molar-refractivity contribution in [1.29, 1.82) is 0 Å². The van der Waals surface area contributed by atoms with Gasteiger partial charge in [0.05, 0.1) is 11.0 Å². The van der Waals surface area contributed by atoms with Gasteiger partial charge in [-0.15, -0.1) is 0 Å². The summed E-state index contributed by atoms with van der Waals surface area (Å²) in [5.41, 5.74) is 8.73. The fraction of sp³-hybridized carbons (Fsp3) is 0. The maximum Gasteiger partial charge on any atom is 0.164 e. The van der Waals surface area contributed by atoms with Gasteiger partial charge < -0.3 is 4.57 Å². The standard InChI is InChI=1S/C43H28N4/c1-2-12-32(13-3-1)41-44-42(46-43(45-41)38-18-10-14-31-11-4-5-15-35(31)38)33-23-21-29(22-24-33)30-25-27-34(28-26-30)47-39-19-8-6-16-36(39)37-17-7-9-20-40(37)47/h1-28H. The van der Waals surface area contributed by atoms with Crippen LogP contribution in [-0.4, -0.2) is 19.5 Å². The molecule has 0 fully saturated rings. The number of benzene rings is 7. The Hall–Kier alpha value is -6.39. The second kappa shape index (κ2) is 11.2. The molecule has 47 heavy (non-hydrogen) atoms. The van der Waals surface area contributed by atoms with Crippen molar-refractivity contribution in [3.63, 3.8) is 0 Å². The Morgan fingerprint density at radius 2 is 0.787 bits per heavy atom. The maximum absolute atomic E-state index is 5.02. The first-order valence-corrected chi connectivity index (χ1v) is 15.8. The Bertz CT molecular complexity index is 2490. The zero-order valence-corrected chi connectivity index (χ0v) is 25.5. The average Bonchev–Trinajstić information content (AvgIpc) is 3.49. The molecule has 0 saturated heterocycles. The Labute approximate surface area is 272 Å². The monoisotopic (exact) mass is 600 g/mol. The fourth-order valence-electron chi connectivity index (χ4n) is 6.58. The highest BCUT2D eigenvalue weighted by atomic mass is 15.0. The van der Waals surface area contributed by atoms with Crippen LogP contribution in [0, 0.1) is 0 Å². The molecule has 4 nitrogen and oxygen atoms in total. The highest BCUT2D eigenvalue weighted by molar-refractivity contribution is 6.09. The molecule has 0 radical (unpaired) electrons. The van der Waals surface area contributed by atoms with Crippen LogP contribution >= 0.6 is 0 Å². The first-order valence-electron chi connectivity index (χ1n) is 15.8. The van der Waals surface area contributed by atoms with Gasteiger partial charge in [0.25, 0.3) is 0 Å². The number of hydrogen-bond acceptors (Lipinski definition) is 3. The van der Waals surface area contributed by atoms with Crippen molar-refractivity contribution in [3.05, 3.63) is 170 Å². The van der Waals surface area contributed by atoms with Crippen LogP contribution in [0.2, 0.25) is 0 Å². The minimum Gasteiger partial charge on any atom is -0.309 e. The molecule has 4 heteroatoms. The maximum atomic E-state index is 5.02. The highest BCUT2D eigenvalue weighted by Crippen LogP contribution is 2.34. The average molecular weight is 601 g/mol. The van der Waals surface area contributed by atoms with Crippen molar-refractivity contribution in [1.82, 2.24) is 19.5 Å². The van der Waals surface area contributed by atoms with E-state index < -0.39 is 0 Å². The predicted molar refractivity (Wildman–Crippen MR) is 193 cm³/mol. The number of hydrogen-bond donors (Lipinski definition) is 0. The van der Waals surface area contributed by atoms with Crippen molar-refractivity contribution in [2.24, 2.45) is 0 Å². The molecule has 9 rings (SSSR count). The number of aromatic nitrogens is 4. The zero-order valence-electron chi connectivity index (χ0n) is 25.5. The van der Waals surface area contributed by atoms with Crippen molar-refractivity contribution in [3.8, 4) is 51.0 Å². The summed E-state index contributed by atoms with van der Waals surface area (Å²) in [6.45, 7) is 0. The van der Waals surface area contributed by atoms with Gasteiger partial charge in [0.15, 0.2) is 17.5 Å². The first-order chi connectivity index (χ1) is 23.3. The number of fused-ring (bicyclic) bond motifs is 4. The third-order valence-corrected chi connectivity index (χ3v) is 8.88. The van der Waals surface area contributed by atoms with E-state index in [-0.39, 0.29) is 0 Å². The van der Waals surface area contributed by atoms with Crippen LogP contribution in [0.4, 0.5) is 0 Å². The molecular weight excluding hydrogens is 573 g/mol. The van der Waals surface area contributed by atoms with Crippen LogP contribution in [-0.2, 0) is 0 Å². The van der Waals surface area contributed by atoms with Crippen LogP contribution < -0.4 is 0 Å². The molecule has 9 aromatic rings. The fourth-order valence-corrected chi connectivity index (χ4v) is 6.58. The topological polar surface area (TPSA) is 43.6 Å². The van der Waals surface area contributed by atoms with E-state index in [9.17, 15) is 0 Å². The molecule has 0 aliphatic heterocycles. The lowest BCUT2D eigenvalue weighted by molar-refractivity contribution is 1.08. The molecule has 2 heterocycles. The van der Waals surface area contributed by atoms with E-state index in [1.165, 1.54) is 21.8 Å². The van der Waals surface area contributed by atoms with Gasteiger partial charge in [0, 0.05) is 33.2 Å². The van der Waals surface area contributed by atoms with Crippen molar-refractivity contribution < 1.29 is 0 Å². The van der Waals surface area contributed by atoms with E-state index in [4.69, 9.17) is 15.0 Å². The van der Waals surface area contributed by atoms with Crippen LogP contribution in [0.25, 0.3) is 83.6 Å². The molecule has 7 aromatic carbocycles. The molecule has 0 aliphatic carbocycles. The van der Waals surface area contributed by atoms with Crippen molar-refractivity contribution in [2.75, 3.05) is 0 Å². The van der Waals surface area contributed by atoms with Gasteiger partial charge in [-0.05, 0) is 46.2 Å². The molecule has 2 aromatic heterocycles. The second-order valence-corrected chi connectivity index (χ2v) is 11.7. The SMILES string of the molecule is c1ccc(-c2nc(-c3ccc(-c4ccc(-n5c6ccccc6c6ccccc65)cc4)cc3)nc(-c3cccc4ccccc34)n2)cc1. The molecule has 0 N–H and O–H groups in total. The Morgan fingerprint density at radius 3 is 1.45 bits per heavy atom. The van der Waals surface area contributed by atoms with Gasteiger partial charge in [-0.25, -0.2) is 15.0 Å². The molecule has 0 spiro atoms. The number of nitrogens with zero attached hydrogens (tertiary/aromatic N) is 4. The number of para-hydroxylation sites is 2. The molecule has 0 saturated carbocycles. The zero-order chi connectivity index (χ0) is 31.2. The summed E-state index contributed by atoms with van der Waals surface area (Å²) in [7, 11) is 0. The summed E-state index contributed by atoms with van der Waals surface area (Å²) in [6.07, 6.45) is 0. The molecular formula is C43H28N4. The largest absolute Gasteiger partial charge is 0.309 e. The lowest BCUT2D eigenvalue weighted by Gasteiger charge is -2.11. The lowest BCUT2D eigenvalue weighted by atomic mass is 10.0. The summed E-state index contributed by atoms with van der Waals surface area (Å²) in [5, 5.41) is 4.80. The van der Waals surface area contributed by atoms with Gasteiger partial charge in [-0.2, -0.15) is 0 Å². The van der Waals surface area contributed by atoms with E-state index in [0.29, 0.717) is 17.5 Å². The van der Waals surface area contributed by atoms with Gasteiger partial charge >= 0.3 is 0 Å². The summed E-state index contributed by atoms with van der Waals surface area (Å²) >= 11 is 0. The van der Waals surface area contributed by atoms with Crippen LogP contribution in [0.5, 0.6) is 0 Å². The van der Waals surface area contributed by atoms with Crippen LogP contribution in [0.1, 0.15) is 0 Å². The normalized spacial score (nSPS) is 11.4. The van der Waals surface area contributed by atoms with Gasteiger partial charge in [-0.3, -0.25) is 0 Å². The molecule has 0 amide bonds. The molecule has 0 unspecified atom stereocenters. The number of rotatable bonds is 5. The lowest BCUT2D eigenvalue weighted by Crippen LogP contribution is -2.00. The van der Waals surface area contributed by atoms with Gasteiger partial charge in [0.1, 0.15) is 0 Å². The quantitative estimate of drug-likeness (QED) is 0.197. The summed E-state index contributed by atoms with van der Waals surface area (Å²) < 4.78 is 2.34. The smallest absolute Gasteiger partial charge is 0.164 e. The third-order valence-electron chi connectivity index (χ3n) is 8.88. The summed E-state index contributed by atoms with van der Waals surface area (Å²) in [6, 6.07) is 59.2. The van der Waals surface area contributed by atoms with Gasteiger partial charge in [-0.1, -0.05) is 146 Å². The Morgan fingerprint density at radius 1 is 0.319 bits per heavy atom. The van der Waals surface area contributed by atoms with Crippen LogP contribution in [0.15, 0.2) is 170 Å². The minimum absolute atomic E-state index is 0.648. The third kappa shape index (κ3) is 4.75. The van der Waals surface area contributed by atoms with Crippen molar-refractivity contribution in [2.45, 2.75) is 0 Å². The van der Waals surface area contributed by atoms with Gasteiger partial charge in [0.2, 0.25) is 0 Å². The Kier molecular flexibility index (Phi) is 6.43. The summed E-state index contributed by atoms with van der Waals surface area (Å²) in [4.78, 5) is 14.9. The van der Waals surface area contributed by atoms with Crippen molar-refractivity contribution >= 4 is 32.6 Å². The summed E-state index contributed by atoms with van der Waals surface area (Å²) in [5.74, 6) is 1.97. The molecule has 0 bridgehead atoms. The van der Waals surface area contributed by atoms with E-state index in [0.717, 1.165) is 44.3 Å². The minimum atomic E-state index is 0.648. The first kappa shape index (κ1) is 27.0. The molecule has 220 valence electrons. The second-order valence-electron chi connectivity index (χ2n) is 11.7. The van der Waals surface area contributed by atoms with E-state index in [1.54, 1.807) is 0 Å². The highest BCUT2D eigenvalue weighted by Gasteiger charge is 2.15. The molecule has 0 atom stereocenters. The van der Waals surface area contributed by atoms with E-state index >= 15 is 0 Å². The predicted octanol–water partition coefficient (Wildman–Crippen LogP) is 10.8. The Balaban J connectivity index is 1.09. The van der Waals surface area contributed by atoms with E-state index in [2.05, 4.69) is 144 Å². The van der Waals surface area contributed by atoms with Crippen LogP contribution in [0.3, 0.4) is 0 Å². The van der Waals surface area contributed by atoms with E-state index in [1.807, 2.05) is 30.3 Å².